The van der Waals surface area contributed by atoms with Crippen LogP contribution in [0.5, 0.6) is 0 Å². The lowest BCUT2D eigenvalue weighted by Gasteiger charge is -2.17. The van der Waals surface area contributed by atoms with Crippen LogP contribution in [0.3, 0.4) is 0 Å². The minimum atomic E-state index is 0.681. The minimum Gasteiger partial charge on any atom is -0.498 e. The van der Waals surface area contributed by atoms with E-state index in [1.54, 1.807) is 0 Å². The molecule has 0 saturated heterocycles. The van der Waals surface area contributed by atoms with Gasteiger partial charge in [0, 0.05) is 0 Å². The van der Waals surface area contributed by atoms with Crippen LogP contribution in [0.4, 0.5) is 0 Å². The van der Waals surface area contributed by atoms with Crippen LogP contribution in [0.1, 0.15) is 32.1 Å². The van der Waals surface area contributed by atoms with Gasteiger partial charge in [-0.2, -0.15) is 0 Å². The summed E-state index contributed by atoms with van der Waals surface area (Å²) in [5.41, 5.74) is 0. The first-order valence-corrected chi connectivity index (χ1v) is 4.82. The molecule has 0 heterocycles. The summed E-state index contributed by atoms with van der Waals surface area (Å²) in [6, 6.07) is 0. The number of ether oxygens (including phenoxy) is 1. The average Bonchev–Trinajstić information content (AvgIpc) is 2.14. The van der Waals surface area contributed by atoms with Crippen molar-refractivity contribution in [2.45, 2.75) is 32.1 Å². The molecule has 1 nitrogen and oxygen atoms in total. The van der Waals surface area contributed by atoms with Crippen LogP contribution in [0, 0.1) is 5.92 Å². The van der Waals surface area contributed by atoms with Gasteiger partial charge >= 0.3 is 0 Å². The van der Waals surface area contributed by atoms with Crippen molar-refractivity contribution in [3.05, 3.63) is 25.0 Å². The molecule has 0 N–H and O–H groups in total. The monoisotopic (exact) mass is 166 g/mol. The second kappa shape index (κ2) is 5.87. The molecule has 0 aromatic rings. The van der Waals surface area contributed by atoms with Crippen LogP contribution in [0.25, 0.3) is 0 Å². The van der Waals surface area contributed by atoms with E-state index in [9.17, 15) is 0 Å². The van der Waals surface area contributed by atoms with Gasteiger partial charge in [0.05, 0.1) is 6.26 Å². The molecule has 0 aromatic heterocycles. The molecule has 0 bridgehead atoms. The smallest absolute Gasteiger partial charge is 0.105 e. The molecule has 0 radical (unpaired) electrons. The van der Waals surface area contributed by atoms with Crippen molar-refractivity contribution in [2.75, 3.05) is 6.61 Å². The summed E-state index contributed by atoms with van der Waals surface area (Å²) in [5, 5.41) is 0. The van der Waals surface area contributed by atoms with E-state index >= 15 is 0 Å². The molecule has 0 aromatic carbocycles. The van der Waals surface area contributed by atoms with Gasteiger partial charge in [-0.1, -0.05) is 38.0 Å². The Kier molecular flexibility index (Phi) is 4.58. The first-order chi connectivity index (χ1) is 5.93. The average molecular weight is 166 g/mol. The molecule has 1 saturated carbocycles. The van der Waals surface area contributed by atoms with E-state index in [-0.39, 0.29) is 0 Å². The number of allylic oxidation sites excluding steroid dienone is 1. The van der Waals surface area contributed by atoms with Crippen LogP contribution < -0.4 is 0 Å². The number of hydrogen-bond acceptors (Lipinski definition) is 1. The molecule has 0 unspecified atom stereocenters. The van der Waals surface area contributed by atoms with E-state index in [0.29, 0.717) is 6.61 Å². The molecule has 0 spiro atoms. The van der Waals surface area contributed by atoms with Crippen molar-refractivity contribution in [3.8, 4) is 0 Å². The fraction of sp³-hybridized carbons (Fsp3) is 0.636. The van der Waals surface area contributed by atoms with Gasteiger partial charge in [0.1, 0.15) is 6.61 Å². The Labute approximate surface area is 75.1 Å². The lowest BCUT2D eigenvalue weighted by Crippen LogP contribution is -2.02. The zero-order chi connectivity index (χ0) is 8.65. The maximum absolute atomic E-state index is 5.00. The molecule has 0 aliphatic heterocycles. The van der Waals surface area contributed by atoms with Gasteiger partial charge in [0.15, 0.2) is 0 Å². The number of rotatable bonds is 4. The van der Waals surface area contributed by atoms with Gasteiger partial charge in [0.25, 0.3) is 0 Å². The van der Waals surface area contributed by atoms with E-state index in [0.717, 1.165) is 5.92 Å². The van der Waals surface area contributed by atoms with Crippen molar-refractivity contribution < 1.29 is 4.74 Å². The Hall–Kier alpha value is -0.720. The standard InChI is InChI=1S/C11H18O/c1-2-12-10-6-9-11-7-4-3-5-8-11/h2,6,9,11H,1,3-5,7-8,10H2/b9-6+. The quantitative estimate of drug-likeness (QED) is 0.354. The lowest BCUT2D eigenvalue weighted by molar-refractivity contribution is 0.289. The van der Waals surface area contributed by atoms with Crippen molar-refractivity contribution in [1.82, 2.24) is 0 Å². The van der Waals surface area contributed by atoms with E-state index < -0.39 is 0 Å². The van der Waals surface area contributed by atoms with Gasteiger partial charge in [-0.25, -0.2) is 0 Å². The van der Waals surface area contributed by atoms with E-state index in [4.69, 9.17) is 4.74 Å². The normalized spacial score (nSPS) is 19.7. The summed E-state index contributed by atoms with van der Waals surface area (Å²) in [7, 11) is 0. The summed E-state index contributed by atoms with van der Waals surface area (Å²) in [6.07, 6.45) is 12.9. The predicted molar refractivity (Wildman–Crippen MR) is 51.9 cm³/mol. The Morgan fingerprint density at radius 1 is 1.25 bits per heavy atom. The Morgan fingerprint density at radius 2 is 2.00 bits per heavy atom. The fourth-order valence-corrected chi connectivity index (χ4v) is 1.70. The molecular weight excluding hydrogens is 148 g/mol. The van der Waals surface area contributed by atoms with Crippen molar-refractivity contribution in [1.29, 1.82) is 0 Å². The van der Waals surface area contributed by atoms with E-state index in [1.165, 1.54) is 38.4 Å². The van der Waals surface area contributed by atoms with Crippen LogP contribution in [0.2, 0.25) is 0 Å². The van der Waals surface area contributed by atoms with Crippen LogP contribution in [-0.2, 0) is 4.74 Å². The van der Waals surface area contributed by atoms with Crippen molar-refractivity contribution >= 4 is 0 Å². The Bertz CT molecular complexity index is 143. The summed E-state index contributed by atoms with van der Waals surface area (Å²) in [4.78, 5) is 0. The van der Waals surface area contributed by atoms with Gasteiger partial charge in [-0.15, -0.1) is 0 Å². The molecule has 68 valence electrons. The number of hydrogen-bond donors (Lipinski definition) is 0. The molecule has 0 atom stereocenters. The van der Waals surface area contributed by atoms with Crippen LogP contribution in [0.15, 0.2) is 25.0 Å². The summed E-state index contributed by atoms with van der Waals surface area (Å²) in [6.45, 7) is 4.17. The maximum Gasteiger partial charge on any atom is 0.105 e. The Balaban J connectivity index is 2.10. The topological polar surface area (TPSA) is 9.23 Å². The molecule has 0 amide bonds. The molecule has 1 fully saturated rings. The fourth-order valence-electron chi connectivity index (χ4n) is 1.70. The third-order valence-corrected chi connectivity index (χ3v) is 2.37. The summed E-state index contributed by atoms with van der Waals surface area (Å²) >= 11 is 0. The first-order valence-electron chi connectivity index (χ1n) is 4.82. The molecule has 1 heteroatoms. The summed E-state index contributed by atoms with van der Waals surface area (Å²) < 4.78 is 5.00. The van der Waals surface area contributed by atoms with Crippen LogP contribution >= 0.6 is 0 Å². The van der Waals surface area contributed by atoms with E-state index in [2.05, 4.69) is 18.7 Å². The second-order valence-corrected chi connectivity index (χ2v) is 3.33. The van der Waals surface area contributed by atoms with Gasteiger partial charge < -0.3 is 4.74 Å². The third kappa shape index (κ3) is 3.61. The zero-order valence-electron chi connectivity index (χ0n) is 7.67. The largest absolute Gasteiger partial charge is 0.498 e. The molecule has 1 aliphatic carbocycles. The molecule has 1 aliphatic rings. The highest BCUT2D eigenvalue weighted by Crippen LogP contribution is 2.24. The third-order valence-electron chi connectivity index (χ3n) is 2.37. The molecule has 1 rings (SSSR count). The highest BCUT2D eigenvalue weighted by Gasteiger charge is 2.08. The molecular formula is C11H18O. The Morgan fingerprint density at radius 3 is 2.67 bits per heavy atom. The second-order valence-electron chi connectivity index (χ2n) is 3.33. The van der Waals surface area contributed by atoms with Gasteiger partial charge in [-0.05, 0) is 18.8 Å². The summed E-state index contributed by atoms with van der Waals surface area (Å²) in [5.74, 6) is 0.812. The minimum absolute atomic E-state index is 0.681. The SMILES string of the molecule is C=COC/C=C/C1CCCCC1. The van der Waals surface area contributed by atoms with Gasteiger partial charge in [-0.3, -0.25) is 0 Å². The maximum atomic E-state index is 5.00. The van der Waals surface area contributed by atoms with Gasteiger partial charge in [0.2, 0.25) is 0 Å². The van der Waals surface area contributed by atoms with Crippen molar-refractivity contribution in [3.63, 3.8) is 0 Å². The van der Waals surface area contributed by atoms with Crippen LogP contribution in [-0.4, -0.2) is 6.61 Å². The highest BCUT2D eigenvalue weighted by atomic mass is 16.5. The molecule has 12 heavy (non-hydrogen) atoms. The highest BCUT2D eigenvalue weighted by molar-refractivity contribution is 4.90. The lowest BCUT2D eigenvalue weighted by atomic mass is 9.89. The van der Waals surface area contributed by atoms with E-state index in [1.807, 2.05) is 0 Å². The zero-order valence-corrected chi connectivity index (χ0v) is 7.67. The first kappa shape index (κ1) is 9.37. The predicted octanol–water partition coefficient (Wildman–Crippen LogP) is 3.28. The van der Waals surface area contributed by atoms with Crippen molar-refractivity contribution in [2.24, 2.45) is 5.92 Å².